The molecule has 6 heteroatoms. The Morgan fingerprint density at radius 3 is 2.16 bits per heavy atom. The highest BCUT2D eigenvalue weighted by Gasteiger charge is 2.27. The maximum atomic E-state index is 12.8. The lowest BCUT2D eigenvalue weighted by Gasteiger charge is -2.29. The maximum Gasteiger partial charge on any atom is 0.240 e. The second kappa shape index (κ2) is 6.68. The van der Waals surface area contributed by atoms with Gasteiger partial charge >= 0.3 is 0 Å². The number of sulfonamides is 1. The predicted octanol–water partition coefficient (Wildman–Crippen LogP) is 3.15. The number of hydrogen-bond donors (Lipinski definition) is 1. The van der Waals surface area contributed by atoms with E-state index in [-0.39, 0.29) is 16.9 Å². The number of rotatable bonds is 7. The van der Waals surface area contributed by atoms with Crippen LogP contribution >= 0.6 is 11.6 Å². The average Bonchev–Trinajstić information content (AvgIpc) is 2.41. The summed E-state index contributed by atoms with van der Waals surface area (Å²) in [6, 6.07) is 4.75. The summed E-state index contributed by atoms with van der Waals surface area (Å²) in [4.78, 5) is 0.0598. The maximum absolute atomic E-state index is 12.8. The zero-order valence-corrected chi connectivity index (χ0v) is 12.7. The fourth-order valence-corrected chi connectivity index (χ4v) is 3.31. The lowest BCUT2D eigenvalue weighted by atomic mass is 9.85. The van der Waals surface area contributed by atoms with Gasteiger partial charge in [0.2, 0.25) is 10.0 Å². The van der Waals surface area contributed by atoms with Crippen molar-refractivity contribution >= 4 is 21.6 Å². The van der Waals surface area contributed by atoms with Crippen LogP contribution in [-0.4, -0.2) is 20.8 Å². The van der Waals surface area contributed by atoms with Gasteiger partial charge in [0.1, 0.15) is 5.82 Å². The summed E-state index contributed by atoms with van der Waals surface area (Å²) in [5.74, 6) is -0.0671. The summed E-state index contributed by atoms with van der Waals surface area (Å²) >= 11 is 5.94. The van der Waals surface area contributed by atoms with Crippen LogP contribution in [-0.2, 0) is 10.0 Å². The van der Waals surface area contributed by atoms with E-state index in [0.29, 0.717) is 5.88 Å². The van der Waals surface area contributed by atoms with Gasteiger partial charge in [-0.1, -0.05) is 13.8 Å². The first-order valence-electron chi connectivity index (χ1n) is 6.20. The van der Waals surface area contributed by atoms with E-state index in [4.69, 9.17) is 11.6 Å². The van der Waals surface area contributed by atoms with Gasteiger partial charge in [-0.3, -0.25) is 0 Å². The molecule has 0 aliphatic rings. The summed E-state index contributed by atoms with van der Waals surface area (Å²) in [6.07, 6.45) is 1.58. The van der Waals surface area contributed by atoms with E-state index < -0.39 is 15.8 Å². The van der Waals surface area contributed by atoms with E-state index in [1.54, 1.807) is 0 Å². The molecule has 3 nitrogen and oxygen atoms in total. The Balaban J connectivity index is 2.83. The Morgan fingerprint density at radius 1 is 1.21 bits per heavy atom. The van der Waals surface area contributed by atoms with Gasteiger partial charge in [-0.15, -0.1) is 11.6 Å². The van der Waals surface area contributed by atoms with E-state index in [1.807, 2.05) is 13.8 Å². The van der Waals surface area contributed by atoms with Gasteiger partial charge in [0.25, 0.3) is 0 Å². The van der Waals surface area contributed by atoms with Crippen LogP contribution < -0.4 is 4.72 Å². The topological polar surface area (TPSA) is 46.2 Å². The minimum absolute atomic E-state index is 0.0598. The predicted molar refractivity (Wildman–Crippen MR) is 75.3 cm³/mol. The minimum Gasteiger partial charge on any atom is -0.211 e. The zero-order chi connectivity index (χ0) is 14.5. The van der Waals surface area contributed by atoms with Gasteiger partial charge in [0.15, 0.2) is 0 Å². The third-order valence-corrected chi connectivity index (χ3v) is 5.53. The summed E-state index contributed by atoms with van der Waals surface area (Å²) in [7, 11) is -3.62. The van der Waals surface area contributed by atoms with Crippen LogP contribution in [0.5, 0.6) is 0 Å². The van der Waals surface area contributed by atoms with Crippen molar-refractivity contribution in [3.63, 3.8) is 0 Å². The molecular formula is C13H19ClFNO2S. The van der Waals surface area contributed by atoms with Crippen LogP contribution in [0.4, 0.5) is 4.39 Å². The van der Waals surface area contributed by atoms with Crippen LogP contribution in [0.15, 0.2) is 29.2 Å². The van der Waals surface area contributed by atoms with E-state index in [9.17, 15) is 12.8 Å². The average molecular weight is 308 g/mol. The van der Waals surface area contributed by atoms with Gasteiger partial charge in [0.05, 0.1) is 4.90 Å². The lowest BCUT2D eigenvalue weighted by Crippen LogP contribution is -2.38. The molecule has 1 aromatic carbocycles. The third kappa shape index (κ3) is 4.16. The van der Waals surface area contributed by atoms with Crippen LogP contribution in [0.3, 0.4) is 0 Å². The molecule has 1 aromatic rings. The molecule has 0 saturated carbocycles. The molecule has 0 saturated heterocycles. The van der Waals surface area contributed by atoms with Crippen molar-refractivity contribution in [2.45, 2.75) is 31.6 Å². The third-order valence-electron chi connectivity index (χ3n) is 3.54. The molecule has 0 atom stereocenters. The van der Waals surface area contributed by atoms with Gasteiger partial charge in [0, 0.05) is 12.4 Å². The van der Waals surface area contributed by atoms with Crippen molar-refractivity contribution in [1.82, 2.24) is 4.72 Å². The monoisotopic (exact) mass is 307 g/mol. The van der Waals surface area contributed by atoms with Crippen molar-refractivity contribution in [2.24, 2.45) is 5.41 Å². The number of hydrogen-bond acceptors (Lipinski definition) is 2. The van der Waals surface area contributed by atoms with Gasteiger partial charge in [-0.25, -0.2) is 17.5 Å². The first-order valence-corrected chi connectivity index (χ1v) is 8.22. The summed E-state index contributed by atoms with van der Waals surface area (Å²) in [5.41, 5.74) is -0.241. The van der Waals surface area contributed by atoms with Crippen molar-refractivity contribution in [2.75, 3.05) is 12.4 Å². The highest BCUT2D eigenvalue weighted by Crippen LogP contribution is 2.27. The molecule has 0 aromatic heterocycles. The zero-order valence-electron chi connectivity index (χ0n) is 11.1. The quantitative estimate of drug-likeness (QED) is 0.787. The molecule has 1 N–H and O–H groups in total. The first-order chi connectivity index (χ1) is 8.89. The Kier molecular flexibility index (Phi) is 5.77. The molecule has 0 unspecified atom stereocenters. The lowest BCUT2D eigenvalue weighted by molar-refractivity contribution is 0.304. The summed E-state index contributed by atoms with van der Waals surface area (Å²) < 4.78 is 39.5. The van der Waals surface area contributed by atoms with Crippen LogP contribution in [0.1, 0.15) is 26.7 Å². The second-order valence-electron chi connectivity index (χ2n) is 4.62. The Hall–Kier alpha value is -0.650. The van der Waals surface area contributed by atoms with Crippen LogP contribution in [0.25, 0.3) is 0 Å². The van der Waals surface area contributed by atoms with Crippen molar-refractivity contribution in [3.05, 3.63) is 30.1 Å². The van der Waals surface area contributed by atoms with Gasteiger partial charge in [-0.05, 0) is 42.5 Å². The Morgan fingerprint density at radius 2 is 1.74 bits per heavy atom. The smallest absolute Gasteiger partial charge is 0.211 e. The molecule has 0 heterocycles. The minimum atomic E-state index is -3.62. The molecule has 19 heavy (non-hydrogen) atoms. The number of benzene rings is 1. The fraction of sp³-hybridized carbons (Fsp3) is 0.538. The van der Waals surface area contributed by atoms with Gasteiger partial charge in [-0.2, -0.15) is 0 Å². The highest BCUT2D eigenvalue weighted by molar-refractivity contribution is 7.89. The summed E-state index contributed by atoms with van der Waals surface area (Å²) in [5, 5.41) is 0. The highest BCUT2D eigenvalue weighted by atomic mass is 35.5. The fourth-order valence-electron chi connectivity index (χ4n) is 1.68. The number of alkyl halides is 1. The number of halogens is 2. The largest absolute Gasteiger partial charge is 0.240 e. The molecule has 0 aliphatic carbocycles. The molecule has 0 amide bonds. The molecular weight excluding hydrogens is 289 g/mol. The molecule has 0 aliphatic heterocycles. The van der Waals surface area contributed by atoms with Crippen molar-refractivity contribution < 1.29 is 12.8 Å². The van der Waals surface area contributed by atoms with Crippen LogP contribution in [0.2, 0.25) is 0 Å². The first kappa shape index (κ1) is 16.4. The molecule has 0 fully saturated rings. The Labute approximate surface area is 119 Å². The van der Waals surface area contributed by atoms with E-state index in [1.165, 1.54) is 12.1 Å². The van der Waals surface area contributed by atoms with E-state index in [2.05, 4.69) is 4.72 Å². The summed E-state index contributed by atoms with van der Waals surface area (Å²) in [6.45, 7) is 4.25. The van der Waals surface area contributed by atoms with E-state index in [0.717, 1.165) is 25.0 Å². The van der Waals surface area contributed by atoms with Gasteiger partial charge < -0.3 is 0 Å². The standard InChI is InChI=1S/C13H19ClFNO2S/c1-3-13(4-2,9-14)10-16-19(17,18)12-7-5-11(15)6-8-12/h5-8,16H,3-4,9-10H2,1-2H3. The van der Waals surface area contributed by atoms with E-state index >= 15 is 0 Å². The molecule has 0 spiro atoms. The molecule has 108 valence electrons. The second-order valence-corrected chi connectivity index (χ2v) is 6.65. The molecule has 0 bridgehead atoms. The van der Waals surface area contributed by atoms with Crippen LogP contribution in [0, 0.1) is 11.2 Å². The van der Waals surface area contributed by atoms with Crippen molar-refractivity contribution in [3.8, 4) is 0 Å². The Bertz CT molecular complexity index is 490. The number of nitrogens with one attached hydrogen (secondary N) is 1. The molecule has 1 rings (SSSR count). The molecule has 0 radical (unpaired) electrons. The van der Waals surface area contributed by atoms with Crippen molar-refractivity contribution in [1.29, 1.82) is 0 Å². The normalized spacial score (nSPS) is 12.6. The SMILES string of the molecule is CCC(CC)(CCl)CNS(=O)(=O)c1ccc(F)cc1.